The minimum atomic E-state index is -4.62. The number of benzene rings is 1. The minimum Gasteiger partial charge on any atom is -0.384 e. The van der Waals surface area contributed by atoms with E-state index in [2.05, 4.69) is 0 Å². The second-order valence-electron chi connectivity index (χ2n) is 8.11. The molecule has 30 heavy (non-hydrogen) atoms. The molecule has 2 atom stereocenters. The van der Waals surface area contributed by atoms with Gasteiger partial charge in [0.15, 0.2) is 0 Å². The number of rotatable bonds is 5. The summed E-state index contributed by atoms with van der Waals surface area (Å²) >= 11 is 0. The Kier molecular flexibility index (Phi) is 6.08. The molecule has 2 fully saturated rings. The highest BCUT2D eigenvalue weighted by Crippen LogP contribution is 2.45. The second kappa shape index (κ2) is 8.00. The maximum Gasteiger partial charge on any atom is 0.417 e. The summed E-state index contributed by atoms with van der Waals surface area (Å²) in [5.41, 5.74) is -1.38. The number of nitrogens with zero attached hydrogens (tertiary/aromatic N) is 4. The Balaban J connectivity index is 1.90. The molecule has 3 rings (SSSR count). The molecule has 0 N–H and O–H groups in total. The van der Waals surface area contributed by atoms with Crippen LogP contribution in [0.15, 0.2) is 18.2 Å². The SMILES string of the molecule is COC[C@@]12CCN(c3ccc(C#N)c(C(F)(F)F)c3)C[C@@H]1CN(S(=O)(=O)N(C)C)C2. The monoisotopic (exact) mass is 446 g/mol. The zero-order valence-corrected chi connectivity index (χ0v) is 17.9. The van der Waals surface area contributed by atoms with Crippen molar-refractivity contribution < 1.29 is 26.3 Å². The van der Waals surface area contributed by atoms with Gasteiger partial charge in [0.05, 0.1) is 23.8 Å². The van der Waals surface area contributed by atoms with Crippen molar-refractivity contribution in [2.75, 3.05) is 58.9 Å². The largest absolute Gasteiger partial charge is 0.417 e. The molecule has 2 heterocycles. The number of methoxy groups -OCH3 is 1. The lowest BCUT2D eigenvalue weighted by Crippen LogP contribution is -2.49. The quantitative estimate of drug-likeness (QED) is 0.693. The summed E-state index contributed by atoms with van der Waals surface area (Å²) in [5.74, 6) is -0.0918. The van der Waals surface area contributed by atoms with E-state index < -0.39 is 27.5 Å². The van der Waals surface area contributed by atoms with E-state index in [1.165, 1.54) is 34.8 Å². The molecule has 0 aromatic heterocycles. The molecular weight excluding hydrogens is 421 g/mol. The van der Waals surface area contributed by atoms with E-state index in [0.717, 1.165) is 6.07 Å². The third-order valence-electron chi connectivity index (χ3n) is 6.12. The van der Waals surface area contributed by atoms with Crippen molar-refractivity contribution in [2.24, 2.45) is 11.3 Å². The number of nitriles is 1. The number of hydrogen-bond donors (Lipinski definition) is 0. The van der Waals surface area contributed by atoms with E-state index in [4.69, 9.17) is 10.00 Å². The Labute approximate surface area is 174 Å². The highest BCUT2D eigenvalue weighted by molar-refractivity contribution is 7.86. The summed E-state index contributed by atoms with van der Waals surface area (Å²) in [6.07, 6.45) is -4.03. The van der Waals surface area contributed by atoms with Crippen molar-refractivity contribution in [3.8, 4) is 6.07 Å². The van der Waals surface area contributed by atoms with Crippen LogP contribution in [0.3, 0.4) is 0 Å². The van der Waals surface area contributed by atoms with Gasteiger partial charge in [0, 0.05) is 58.5 Å². The summed E-state index contributed by atoms with van der Waals surface area (Å²) < 4.78 is 73.3. The first kappa shape index (κ1) is 22.8. The van der Waals surface area contributed by atoms with Crippen molar-refractivity contribution in [2.45, 2.75) is 12.6 Å². The first-order valence-electron chi connectivity index (χ1n) is 9.47. The predicted octanol–water partition coefficient (Wildman–Crippen LogP) is 2.16. The number of anilines is 1. The molecule has 1 aromatic rings. The number of ether oxygens (including phenoxy) is 1. The summed E-state index contributed by atoms with van der Waals surface area (Å²) in [7, 11) is 0.915. The van der Waals surface area contributed by atoms with E-state index >= 15 is 0 Å². The summed E-state index contributed by atoms with van der Waals surface area (Å²) in [4.78, 5) is 1.83. The minimum absolute atomic E-state index is 0.0918. The Bertz CT molecular complexity index is 945. The normalized spacial score (nSPS) is 25.4. The van der Waals surface area contributed by atoms with Crippen molar-refractivity contribution >= 4 is 15.9 Å². The Morgan fingerprint density at radius 2 is 2.03 bits per heavy atom. The second-order valence-corrected chi connectivity index (χ2v) is 10.3. The summed E-state index contributed by atoms with van der Waals surface area (Å²) in [6.45, 7) is 1.86. The standard InChI is InChI=1S/C19H25F3N4O3S/c1-24(2)30(27,28)26-11-15-10-25(7-6-18(15,12-26)13-29-3)16-5-4-14(9-23)17(8-16)19(20,21)22/h4-5,8,15H,6-7,10-13H2,1-3H3/t15-,18+/m1/s1. The maximum absolute atomic E-state index is 13.4. The van der Waals surface area contributed by atoms with Crippen LogP contribution in [0.25, 0.3) is 0 Å². The van der Waals surface area contributed by atoms with Gasteiger partial charge in [-0.15, -0.1) is 0 Å². The molecule has 0 spiro atoms. The fraction of sp³-hybridized carbons (Fsp3) is 0.632. The average Bonchev–Trinajstić information content (AvgIpc) is 3.06. The number of fused-ring (bicyclic) bond motifs is 1. The van der Waals surface area contributed by atoms with Crippen molar-refractivity contribution in [1.29, 1.82) is 5.26 Å². The van der Waals surface area contributed by atoms with E-state index in [-0.39, 0.29) is 17.9 Å². The van der Waals surface area contributed by atoms with Crippen molar-refractivity contribution in [3.63, 3.8) is 0 Å². The molecule has 0 unspecified atom stereocenters. The van der Waals surface area contributed by atoms with Crippen LogP contribution >= 0.6 is 0 Å². The van der Waals surface area contributed by atoms with Gasteiger partial charge in [-0.3, -0.25) is 0 Å². The van der Waals surface area contributed by atoms with Crippen LogP contribution in [-0.2, 0) is 21.1 Å². The molecule has 2 aliphatic rings. The number of alkyl halides is 3. The van der Waals surface area contributed by atoms with Gasteiger partial charge < -0.3 is 9.64 Å². The molecule has 1 aromatic carbocycles. The lowest BCUT2D eigenvalue weighted by atomic mass is 9.73. The molecule has 0 aliphatic carbocycles. The van der Waals surface area contributed by atoms with Crippen molar-refractivity contribution in [1.82, 2.24) is 8.61 Å². The van der Waals surface area contributed by atoms with Gasteiger partial charge in [-0.2, -0.15) is 35.5 Å². The number of hydrogen-bond acceptors (Lipinski definition) is 5. The fourth-order valence-electron chi connectivity index (χ4n) is 4.46. The number of piperidine rings is 1. The molecule has 0 saturated carbocycles. The lowest BCUT2D eigenvalue weighted by molar-refractivity contribution is -0.137. The van der Waals surface area contributed by atoms with Gasteiger partial charge in [-0.1, -0.05) is 0 Å². The zero-order valence-electron chi connectivity index (χ0n) is 17.1. The van der Waals surface area contributed by atoms with Crippen LogP contribution < -0.4 is 4.90 Å². The smallest absolute Gasteiger partial charge is 0.384 e. The van der Waals surface area contributed by atoms with Crippen LogP contribution in [-0.4, -0.2) is 71.0 Å². The van der Waals surface area contributed by atoms with Gasteiger partial charge in [0.2, 0.25) is 0 Å². The van der Waals surface area contributed by atoms with E-state index in [9.17, 15) is 21.6 Å². The maximum atomic E-state index is 13.4. The molecule has 0 radical (unpaired) electrons. The van der Waals surface area contributed by atoms with Gasteiger partial charge in [0.1, 0.15) is 0 Å². The number of halogens is 3. The van der Waals surface area contributed by atoms with Gasteiger partial charge in [-0.25, -0.2) is 0 Å². The predicted molar refractivity (Wildman–Crippen MR) is 105 cm³/mol. The van der Waals surface area contributed by atoms with Crippen LogP contribution in [0.1, 0.15) is 17.5 Å². The van der Waals surface area contributed by atoms with Crippen LogP contribution in [0.2, 0.25) is 0 Å². The molecule has 0 amide bonds. The van der Waals surface area contributed by atoms with Gasteiger partial charge >= 0.3 is 6.18 Å². The molecule has 7 nitrogen and oxygen atoms in total. The summed E-state index contributed by atoms with van der Waals surface area (Å²) in [5, 5.41) is 9.01. The lowest BCUT2D eigenvalue weighted by Gasteiger charge is -2.44. The Hall–Kier alpha value is -1.87. The van der Waals surface area contributed by atoms with E-state index in [1.807, 2.05) is 4.90 Å². The fourth-order valence-corrected chi connectivity index (χ4v) is 5.71. The average molecular weight is 446 g/mol. The van der Waals surface area contributed by atoms with E-state index in [0.29, 0.717) is 38.3 Å². The molecule has 166 valence electrons. The molecular formula is C19H25F3N4O3S. The third-order valence-corrected chi connectivity index (χ3v) is 7.97. The highest BCUT2D eigenvalue weighted by Gasteiger charge is 2.52. The first-order valence-corrected chi connectivity index (χ1v) is 10.9. The highest BCUT2D eigenvalue weighted by atomic mass is 32.2. The summed E-state index contributed by atoms with van der Waals surface area (Å²) in [6, 6.07) is 5.30. The molecule has 2 aliphatic heterocycles. The van der Waals surface area contributed by atoms with Gasteiger partial charge in [0.25, 0.3) is 10.2 Å². The van der Waals surface area contributed by atoms with Crippen LogP contribution in [0.4, 0.5) is 18.9 Å². The van der Waals surface area contributed by atoms with Crippen molar-refractivity contribution in [3.05, 3.63) is 29.3 Å². The van der Waals surface area contributed by atoms with Crippen LogP contribution in [0, 0.1) is 22.7 Å². The Morgan fingerprint density at radius 1 is 1.33 bits per heavy atom. The van der Waals surface area contributed by atoms with E-state index in [1.54, 1.807) is 13.2 Å². The van der Waals surface area contributed by atoms with Gasteiger partial charge in [-0.05, 0) is 30.5 Å². The first-order chi connectivity index (χ1) is 13.9. The van der Waals surface area contributed by atoms with Crippen LogP contribution in [0.5, 0.6) is 0 Å². The third kappa shape index (κ3) is 4.01. The topological polar surface area (TPSA) is 76.9 Å². The Morgan fingerprint density at radius 3 is 2.60 bits per heavy atom. The molecule has 2 saturated heterocycles. The molecule has 0 bridgehead atoms. The molecule has 11 heteroatoms. The zero-order chi connectivity index (χ0) is 22.3.